The number of benzene rings is 1. The van der Waals surface area contributed by atoms with Gasteiger partial charge in [-0.25, -0.2) is 9.99 Å². The van der Waals surface area contributed by atoms with E-state index in [0.29, 0.717) is 26.2 Å². The van der Waals surface area contributed by atoms with Crippen molar-refractivity contribution in [1.82, 2.24) is 14.4 Å². The Balaban J connectivity index is 1.60. The zero-order chi connectivity index (χ0) is 21.7. The van der Waals surface area contributed by atoms with Gasteiger partial charge in [0.2, 0.25) is 0 Å². The molecule has 160 valence electrons. The first-order chi connectivity index (χ1) is 14.3. The van der Waals surface area contributed by atoms with E-state index in [4.69, 9.17) is 5.11 Å². The topological polar surface area (TPSA) is 100 Å². The smallest absolute Gasteiger partial charge is 0.305 e. The molecular weight excluding hydrogens is 492 g/mol. The fraction of sp³-hybridized carbons (Fsp3) is 0.368. The molecule has 0 aliphatic carbocycles. The fourth-order valence-corrected chi connectivity index (χ4v) is 5.01. The second kappa shape index (κ2) is 10.5. The maximum Gasteiger partial charge on any atom is 0.305 e. The van der Waals surface area contributed by atoms with Crippen LogP contribution in [0, 0.1) is 11.8 Å². The summed E-state index contributed by atoms with van der Waals surface area (Å²) in [7, 11) is 0. The Bertz CT molecular complexity index is 965. The number of hydrogen-bond acceptors (Lipinski definition) is 7. The molecule has 2 heterocycles. The van der Waals surface area contributed by atoms with Crippen molar-refractivity contribution in [3.8, 4) is 11.8 Å². The second-order valence-electron chi connectivity index (χ2n) is 6.68. The van der Waals surface area contributed by atoms with Gasteiger partial charge >= 0.3 is 5.97 Å². The van der Waals surface area contributed by atoms with Gasteiger partial charge in [0.15, 0.2) is 5.01 Å². The summed E-state index contributed by atoms with van der Waals surface area (Å²) in [6.45, 7) is 3.83. The normalized spacial score (nSPS) is 16.7. The summed E-state index contributed by atoms with van der Waals surface area (Å²) >= 11 is 2.27. The van der Waals surface area contributed by atoms with Gasteiger partial charge in [0.25, 0.3) is 0 Å². The van der Waals surface area contributed by atoms with E-state index in [1.807, 2.05) is 29.6 Å². The molecule has 0 spiro atoms. The van der Waals surface area contributed by atoms with Gasteiger partial charge in [-0.2, -0.15) is 4.41 Å². The standard InChI is InChI=1S/C19H21BrN4O4S2/c1-14(12-19(25)26)24(30(27)28)23-10-8-22(9-11-23)16-5-2-15(3-6-16)4-7-18-21-17(20)13-29-18/h2-3,5-6,13-14H,8-12H2,1H3,(H,25,26)(H,27,28)/p-1. The Labute approximate surface area is 190 Å². The molecule has 30 heavy (non-hydrogen) atoms. The molecule has 0 radical (unpaired) electrons. The summed E-state index contributed by atoms with van der Waals surface area (Å²) < 4.78 is 25.2. The Morgan fingerprint density at radius 1 is 1.33 bits per heavy atom. The van der Waals surface area contributed by atoms with Gasteiger partial charge in [0.05, 0.1) is 6.42 Å². The number of carboxylic acids is 1. The molecule has 11 heteroatoms. The Morgan fingerprint density at radius 2 is 2.00 bits per heavy atom. The zero-order valence-corrected chi connectivity index (χ0v) is 19.4. The van der Waals surface area contributed by atoms with E-state index < -0.39 is 23.3 Å². The number of carbonyl (C=O) groups is 1. The molecule has 2 unspecified atom stereocenters. The molecule has 1 aliphatic heterocycles. The molecule has 0 bridgehead atoms. The number of aliphatic carboxylic acids is 1. The highest BCUT2D eigenvalue weighted by Crippen LogP contribution is 2.20. The molecule has 1 saturated heterocycles. The highest BCUT2D eigenvalue weighted by atomic mass is 79.9. The van der Waals surface area contributed by atoms with Crippen LogP contribution in [0.15, 0.2) is 34.2 Å². The first kappa shape index (κ1) is 22.9. The van der Waals surface area contributed by atoms with Crippen molar-refractivity contribution >= 4 is 50.2 Å². The van der Waals surface area contributed by atoms with Gasteiger partial charge in [0, 0.05) is 60.1 Å². The Kier molecular flexibility index (Phi) is 7.99. The van der Waals surface area contributed by atoms with Crippen molar-refractivity contribution < 1.29 is 18.7 Å². The average Bonchev–Trinajstić information content (AvgIpc) is 3.12. The van der Waals surface area contributed by atoms with Crippen LogP contribution in [0.25, 0.3) is 0 Å². The van der Waals surface area contributed by atoms with Gasteiger partial charge in [-0.05, 0) is 53.0 Å². The van der Waals surface area contributed by atoms with Crippen LogP contribution < -0.4 is 4.90 Å². The van der Waals surface area contributed by atoms with Crippen molar-refractivity contribution in [2.24, 2.45) is 0 Å². The van der Waals surface area contributed by atoms with Crippen LogP contribution in [0.4, 0.5) is 5.69 Å². The summed E-state index contributed by atoms with van der Waals surface area (Å²) in [5.74, 6) is 5.10. The lowest BCUT2D eigenvalue weighted by atomic mass is 10.2. The maximum atomic E-state index is 11.6. The van der Waals surface area contributed by atoms with E-state index in [2.05, 4.69) is 37.7 Å². The Hall–Kier alpha value is -1.81. The highest BCUT2D eigenvalue weighted by Gasteiger charge is 2.27. The lowest BCUT2D eigenvalue weighted by Gasteiger charge is -2.44. The highest BCUT2D eigenvalue weighted by molar-refractivity contribution is 9.10. The number of carboxylic acid groups (broad SMARTS) is 1. The number of hydrogen-bond donors (Lipinski definition) is 1. The fourth-order valence-electron chi connectivity index (χ4n) is 3.19. The first-order valence-corrected chi connectivity index (χ1v) is 11.9. The molecule has 1 aromatic heterocycles. The molecule has 1 aliphatic rings. The third-order valence-corrected chi connectivity index (χ3v) is 6.92. The molecule has 3 rings (SSSR count). The third kappa shape index (κ3) is 6.10. The van der Waals surface area contributed by atoms with Gasteiger partial charge in [0.1, 0.15) is 4.60 Å². The van der Waals surface area contributed by atoms with E-state index >= 15 is 0 Å². The molecule has 8 nitrogen and oxygen atoms in total. The minimum absolute atomic E-state index is 0.241. The predicted molar refractivity (Wildman–Crippen MR) is 118 cm³/mol. The van der Waals surface area contributed by atoms with E-state index in [1.54, 1.807) is 11.9 Å². The second-order valence-corrected chi connectivity index (χ2v) is 9.16. The molecule has 1 N–H and O–H groups in total. The van der Waals surface area contributed by atoms with Gasteiger partial charge in [-0.3, -0.25) is 9.00 Å². The molecule has 2 atom stereocenters. The number of halogens is 1. The zero-order valence-electron chi connectivity index (χ0n) is 16.2. The van der Waals surface area contributed by atoms with Gasteiger partial charge in [-0.15, -0.1) is 11.3 Å². The molecule has 1 fully saturated rings. The van der Waals surface area contributed by atoms with E-state index in [9.17, 15) is 13.6 Å². The van der Waals surface area contributed by atoms with Crippen molar-refractivity contribution in [2.45, 2.75) is 19.4 Å². The minimum Gasteiger partial charge on any atom is -0.759 e. The van der Waals surface area contributed by atoms with Crippen molar-refractivity contribution in [1.29, 1.82) is 0 Å². The molecule has 1 aromatic carbocycles. The molecule has 0 amide bonds. The average molecular weight is 512 g/mol. The molecule has 2 aromatic rings. The predicted octanol–water partition coefficient (Wildman–Crippen LogP) is 2.30. The van der Waals surface area contributed by atoms with E-state index in [1.165, 1.54) is 11.3 Å². The van der Waals surface area contributed by atoms with Crippen LogP contribution in [-0.4, -0.2) is 66.5 Å². The maximum absolute atomic E-state index is 11.6. The monoisotopic (exact) mass is 511 g/mol. The van der Waals surface area contributed by atoms with Crippen molar-refractivity contribution in [3.05, 3.63) is 44.8 Å². The van der Waals surface area contributed by atoms with E-state index in [-0.39, 0.29) is 6.42 Å². The lowest BCUT2D eigenvalue weighted by molar-refractivity contribution is -0.139. The third-order valence-electron chi connectivity index (χ3n) is 4.56. The van der Waals surface area contributed by atoms with Crippen molar-refractivity contribution in [2.75, 3.05) is 31.1 Å². The summed E-state index contributed by atoms with van der Waals surface area (Å²) in [5.41, 5.74) is 1.92. The van der Waals surface area contributed by atoms with Crippen molar-refractivity contribution in [3.63, 3.8) is 0 Å². The number of nitrogens with zero attached hydrogens (tertiary/aromatic N) is 4. The quantitative estimate of drug-likeness (QED) is 0.469. The number of piperazine rings is 1. The summed E-state index contributed by atoms with van der Waals surface area (Å²) in [6, 6.07) is 7.25. The number of anilines is 1. The summed E-state index contributed by atoms with van der Waals surface area (Å²) in [4.78, 5) is 17.4. The summed E-state index contributed by atoms with van der Waals surface area (Å²) in [5, 5.41) is 13.3. The number of aromatic nitrogens is 1. The molecule has 0 saturated carbocycles. The van der Waals surface area contributed by atoms with Crippen LogP contribution in [0.3, 0.4) is 0 Å². The molecular formula is C19H20BrN4O4S2-. The minimum atomic E-state index is -2.52. The van der Waals surface area contributed by atoms with Crippen LogP contribution in [0.2, 0.25) is 0 Å². The van der Waals surface area contributed by atoms with Crippen LogP contribution in [-0.2, 0) is 16.1 Å². The summed E-state index contributed by atoms with van der Waals surface area (Å²) in [6.07, 6.45) is -0.241. The Morgan fingerprint density at radius 3 is 2.53 bits per heavy atom. The first-order valence-electron chi connectivity index (χ1n) is 9.17. The SMILES string of the molecule is CC(CC(=O)O)N(N1CCN(c2ccc(C#Cc3nc(Br)cs3)cc2)CC1)S(=O)[O-]. The number of rotatable bonds is 6. The van der Waals surface area contributed by atoms with Crippen LogP contribution in [0.5, 0.6) is 0 Å². The van der Waals surface area contributed by atoms with E-state index in [0.717, 1.165) is 25.3 Å². The number of hydrazine groups is 1. The largest absolute Gasteiger partial charge is 0.759 e. The number of thiazole rings is 1. The van der Waals surface area contributed by atoms with Crippen LogP contribution >= 0.6 is 27.3 Å². The van der Waals surface area contributed by atoms with Gasteiger partial charge < -0.3 is 14.6 Å². The lowest BCUT2D eigenvalue weighted by Crippen LogP contribution is -2.57. The van der Waals surface area contributed by atoms with Crippen LogP contribution in [0.1, 0.15) is 23.9 Å². The van der Waals surface area contributed by atoms with Gasteiger partial charge in [-0.1, -0.05) is 5.92 Å².